The first-order valence-corrected chi connectivity index (χ1v) is 9.11. The van der Waals surface area contributed by atoms with Gasteiger partial charge in [0.25, 0.3) is 5.91 Å². The molecule has 3 aromatic rings. The summed E-state index contributed by atoms with van der Waals surface area (Å²) in [5.74, 6) is -1.17. The molecule has 0 aliphatic carbocycles. The van der Waals surface area contributed by atoms with Crippen molar-refractivity contribution in [1.82, 2.24) is 24.5 Å². The Kier molecular flexibility index (Phi) is 5.17. The Bertz CT molecular complexity index is 1060. The Morgan fingerprint density at radius 1 is 1.25 bits per heavy atom. The number of hydrogen-bond donors (Lipinski definition) is 2. The minimum Gasteiger partial charge on any atom is -0.481 e. The van der Waals surface area contributed by atoms with E-state index in [1.807, 2.05) is 27.7 Å². The quantitative estimate of drug-likeness (QED) is 0.675. The first-order valence-electron chi connectivity index (χ1n) is 9.11. The molecule has 3 aromatic heterocycles. The summed E-state index contributed by atoms with van der Waals surface area (Å²) in [5, 5.41) is 21.2. The molecule has 0 radical (unpaired) electrons. The van der Waals surface area contributed by atoms with Crippen LogP contribution in [0, 0.1) is 20.8 Å². The van der Waals surface area contributed by atoms with Gasteiger partial charge in [-0.2, -0.15) is 10.2 Å². The first kappa shape index (κ1) is 19.5. The van der Waals surface area contributed by atoms with Crippen LogP contribution < -0.4 is 5.32 Å². The monoisotopic (exact) mass is 384 g/mol. The van der Waals surface area contributed by atoms with E-state index in [0.29, 0.717) is 33.7 Å². The number of hydrogen-bond acceptors (Lipinski definition) is 5. The Morgan fingerprint density at radius 2 is 1.96 bits per heavy atom. The number of fused-ring (bicyclic) bond motifs is 1. The third-order valence-corrected chi connectivity index (χ3v) is 4.59. The zero-order chi connectivity index (χ0) is 20.6. The van der Waals surface area contributed by atoms with Crippen molar-refractivity contribution in [2.24, 2.45) is 0 Å². The van der Waals surface area contributed by atoms with Gasteiger partial charge >= 0.3 is 5.97 Å². The largest absolute Gasteiger partial charge is 0.481 e. The molecule has 3 heterocycles. The van der Waals surface area contributed by atoms with E-state index in [1.54, 1.807) is 28.6 Å². The topological polar surface area (TPSA) is 115 Å². The van der Waals surface area contributed by atoms with Crippen molar-refractivity contribution in [3.8, 4) is 0 Å². The molecule has 0 fully saturated rings. The van der Waals surface area contributed by atoms with E-state index in [2.05, 4.69) is 20.5 Å². The highest BCUT2D eigenvalue weighted by atomic mass is 16.4. The minimum absolute atomic E-state index is 0.0338. The number of amides is 1. The number of aryl methyl sites for hydroxylation is 3. The molecule has 0 spiro atoms. The van der Waals surface area contributed by atoms with E-state index < -0.39 is 5.97 Å². The molecule has 0 saturated carbocycles. The van der Waals surface area contributed by atoms with Crippen LogP contribution in [0.4, 0.5) is 5.69 Å². The summed E-state index contributed by atoms with van der Waals surface area (Å²) in [6.07, 6.45) is 1.63. The fourth-order valence-corrected chi connectivity index (χ4v) is 3.19. The summed E-state index contributed by atoms with van der Waals surface area (Å²) >= 11 is 0. The fourth-order valence-electron chi connectivity index (χ4n) is 3.19. The van der Waals surface area contributed by atoms with Gasteiger partial charge in [0.1, 0.15) is 0 Å². The van der Waals surface area contributed by atoms with Gasteiger partial charge in [-0.1, -0.05) is 0 Å². The average Bonchev–Trinajstić information content (AvgIpc) is 3.15. The van der Waals surface area contributed by atoms with Gasteiger partial charge < -0.3 is 10.4 Å². The maximum atomic E-state index is 13.0. The molecule has 0 aliphatic rings. The van der Waals surface area contributed by atoms with Crippen LogP contribution in [0.2, 0.25) is 0 Å². The van der Waals surface area contributed by atoms with Gasteiger partial charge in [-0.15, -0.1) is 0 Å². The van der Waals surface area contributed by atoms with Gasteiger partial charge in [0.15, 0.2) is 5.65 Å². The third kappa shape index (κ3) is 3.60. The number of rotatable bonds is 6. The number of aliphatic carboxylic acids is 1. The minimum atomic E-state index is -0.894. The second-order valence-electron chi connectivity index (χ2n) is 7.10. The lowest BCUT2D eigenvalue weighted by Gasteiger charge is -2.10. The zero-order valence-electron chi connectivity index (χ0n) is 16.6. The molecule has 3 rings (SSSR count). The SMILES string of the molecule is Cc1cc(C(=O)Nc2c(C)nn(CCC(=O)O)c2C)c2cnn(C(C)C)c2n1. The summed E-state index contributed by atoms with van der Waals surface area (Å²) < 4.78 is 3.39. The molecule has 1 amide bonds. The molecule has 28 heavy (non-hydrogen) atoms. The van der Waals surface area contributed by atoms with Gasteiger partial charge in [0.05, 0.1) is 47.2 Å². The van der Waals surface area contributed by atoms with E-state index in [1.165, 1.54) is 0 Å². The van der Waals surface area contributed by atoms with Gasteiger partial charge in [-0.3, -0.25) is 14.3 Å². The molecule has 9 nitrogen and oxygen atoms in total. The van der Waals surface area contributed by atoms with Crippen LogP contribution in [0.25, 0.3) is 11.0 Å². The predicted octanol–water partition coefficient (Wildman–Crippen LogP) is 2.86. The lowest BCUT2D eigenvalue weighted by molar-refractivity contribution is -0.137. The van der Waals surface area contributed by atoms with Crippen LogP contribution in [-0.2, 0) is 11.3 Å². The summed E-state index contributed by atoms with van der Waals surface area (Å²) in [6.45, 7) is 9.69. The number of nitrogens with zero attached hydrogens (tertiary/aromatic N) is 5. The summed E-state index contributed by atoms with van der Waals surface area (Å²) in [6, 6.07) is 1.86. The second-order valence-corrected chi connectivity index (χ2v) is 7.10. The van der Waals surface area contributed by atoms with E-state index in [0.717, 1.165) is 5.69 Å². The highest BCUT2D eigenvalue weighted by Gasteiger charge is 2.20. The lowest BCUT2D eigenvalue weighted by Crippen LogP contribution is -2.15. The molecule has 0 unspecified atom stereocenters. The normalized spacial score (nSPS) is 11.4. The molecule has 0 saturated heterocycles. The van der Waals surface area contributed by atoms with Crippen molar-refractivity contribution in [3.63, 3.8) is 0 Å². The maximum Gasteiger partial charge on any atom is 0.305 e. The lowest BCUT2D eigenvalue weighted by atomic mass is 10.1. The van der Waals surface area contributed by atoms with E-state index in [4.69, 9.17) is 5.11 Å². The molecular weight excluding hydrogens is 360 g/mol. The third-order valence-electron chi connectivity index (χ3n) is 4.59. The van der Waals surface area contributed by atoms with Crippen LogP contribution in [0.5, 0.6) is 0 Å². The standard InChI is InChI=1S/C19H24N6O3/c1-10(2)25-18-15(9-20-25)14(8-11(3)21-18)19(28)22-17-12(4)23-24(13(17)5)7-6-16(26)27/h8-10H,6-7H2,1-5H3,(H,22,28)(H,26,27). The van der Waals surface area contributed by atoms with Crippen LogP contribution in [0.1, 0.15) is 53.7 Å². The maximum absolute atomic E-state index is 13.0. The molecular formula is C19H24N6O3. The van der Waals surface area contributed by atoms with Gasteiger partial charge in [0.2, 0.25) is 0 Å². The van der Waals surface area contributed by atoms with Crippen LogP contribution in [0.3, 0.4) is 0 Å². The smallest absolute Gasteiger partial charge is 0.305 e. The first-order chi connectivity index (χ1) is 13.2. The van der Waals surface area contributed by atoms with Gasteiger partial charge in [-0.25, -0.2) is 9.67 Å². The highest BCUT2D eigenvalue weighted by Crippen LogP contribution is 2.24. The second kappa shape index (κ2) is 7.41. The number of aromatic nitrogens is 5. The van der Waals surface area contributed by atoms with E-state index >= 15 is 0 Å². The Hall–Kier alpha value is -3.23. The fraction of sp³-hybridized carbons (Fsp3) is 0.421. The number of pyridine rings is 1. The molecule has 148 valence electrons. The van der Waals surface area contributed by atoms with Crippen molar-refractivity contribution in [3.05, 3.63) is 34.9 Å². The van der Waals surface area contributed by atoms with E-state index in [9.17, 15) is 9.59 Å². The van der Waals surface area contributed by atoms with Crippen molar-refractivity contribution in [2.45, 2.75) is 53.6 Å². The molecule has 0 bridgehead atoms. The number of carboxylic acids is 1. The van der Waals surface area contributed by atoms with Crippen LogP contribution in [-0.4, -0.2) is 41.5 Å². The van der Waals surface area contributed by atoms with Crippen molar-refractivity contribution < 1.29 is 14.7 Å². The van der Waals surface area contributed by atoms with Gasteiger partial charge in [-0.05, 0) is 40.7 Å². The number of carboxylic acid groups (broad SMARTS) is 1. The Morgan fingerprint density at radius 3 is 2.61 bits per heavy atom. The molecule has 9 heteroatoms. The summed E-state index contributed by atoms with van der Waals surface area (Å²) in [7, 11) is 0. The summed E-state index contributed by atoms with van der Waals surface area (Å²) in [5.41, 5.74) is 3.83. The number of nitrogens with one attached hydrogen (secondary N) is 1. The molecule has 0 aliphatic heterocycles. The van der Waals surface area contributed by atoms with Gasteiger partial charge in [0, 0.05) is 11.7 Å². The van der Waals surface area contributed by atoms with E-state index in [-0.39, 0.29) is 24.9 Å². The van der Waals surface area contributed by atoms with Crippen LogP contribution in [0.15, 0.2) is 12.3 Å². The average molecular weight is 384 g/mol. The van der Waals surface area contributed by atoms with Crippen molar-refractivity contribution >= 4 is 28.6 Å². The van der Waals surface area contributed by atoms with Crippen molar-refractivity contribution in [2.75, 3.05) is 5.32 Å². The summed E-state index contributed by atoms with van der Waals surface area (Å²) in [4.78, 5) is 28.4. The van der Waals surface area contributed by atoms with Crippen molar-refractivity contribution in [1.29, 1.82) is 0 Å². The van der Waals surface area contributed by atoms with Crippen LogP contribution >= 0.6 is 0 Å². The highest BCUT2D eigenvalue weighted by molar-refractivity contribution is 6.12. The Labute approximate surface area is 162 Å². The zero-order valence-corrected chi connectivity index (χ0v) is 16.6. The number of carbonyl (C=O) groups is 2. The Balaban J connectivity index is 1.95. The number of anilines is 1. The predicted molar refractivity (Wildman–Crippen MR) is 105 cm³/mol. The number of carbonyl (C=O) groups excluding carboxylic acids is 1. The molecule has 2 N–H and O–H groups in total. The molecule has 0 atom stereocenters. The molecule has 0 aromatic carbocycles.